The number of likely N-dealkylation sites (N-methyl/N-ethyl adjacent to an activating group) is 1. The minimum absolute atomic E-state index is 0.0444. The van der Waals surface area contributed by atoms with E-state index in [1.807, 2.05) is 36.2 Å². The van der Waals surface area contributed by atoms with Crippen LogP contribution in [0.4, 0.5) is 5.69 Å². The number of carbonyl (C=O) groups is 1. The molecule has 20 heavy (non-hydrogen) atoms. The summed E-state index contributed by atoms with van der Waals surface area (Å²) in [6, 6.07) is 7.71. The van der Waals surface area contributed by atoms with E-state index >= 15 is 0 Å². The second-order valence-electron chi connectivity index (χ2n) is 4.29. The van der Waals surface area contributed by atoms with Crippen LogP contribution in [0.1, 0.15) is 10.5 Å². The number of carboxylic acid groups (broad SMARTS) is 1. The molecule has 1 aromatic carbocycles. The molecule has 0 bridgehead atoms. The van der Waals surface area contributed by atoms with E-state index < -0.39 is 5.97 Å². The lowest BCUT2D eigenvalue weighted by molar-refractivity contribution is 0.0690. The first kappa shape index (κ1) is 13.9. The molecule has 1 heterocycles. The molecule has 0 amide bonds. The number of benzene rings is 1. The van der Waals surface area contributed by atoms with Crippen LogP contribution in [0.15, 0.2) is 30.5 Å². The van der Waals surface area contributed by atoms with Crippen LogP contribution in [0.3, 0.4) is 0 Å². The molecular weight excluding hydrogens is 260 g/mol. The predicted molar refractivity (Wildman–Crippen MR) is 73.2 cm³/mol. The van der Waals surface area contributed by atoms with Gasteiger partial charge in [0.2, 0.25) is 0 Å². The minimum atomic E-state index is -1.07. The molecule has 0 aliphatic heterocycles. The van der Waals surface area contributed by atoms with Gasteiger partial charge in [0.25, 0.3) is 0 Å². The van der Waals surface area contributed by atoms with Gasteiger partial charge in [0, 0.05) is 19.3 Å². The zero-order chi connectivity index (χ0) is 14.5. The van der Waals surface area contributed by atoms with Crippen LogP contribution in [0.5, 0.6) is 5.75 Å². The van der Waals surface area contributed by atoms with E-state index in [9.17, 15) is 4.79 Å². The average Bonchev–Trinajstić information content (AvgIpc) is 2.94. The normalized spacial score (nSPS) is 10.3. The Balaban J connectivity index is 1.93. The Bertz CT molecular complexity index is 580. The van der Waals surface area contributed by atoms with Gasteiger partial charge in [-0.25, -0.2) is 9.48 Å². The van der Waals surface area contributed by atoms with Crippen molar-refractivity contribution >= 4 is 11.7 Å². The fraction of sp³-hybridized carbons (Fsp3) is 0.308. The van der Waals surface area contributed by atoms with Crippen molar-refractivity contribution in [2.75, 3.05) is 25.6 Å². The number of carboxylic acids is 1. The molecule has 0 atom stereocenters. The molecule has 0 unspecified atom stereocenters. The van der Waals surface area contributed by atoms with Gasteiger partial charge in [-0.05, 0) is 24.3 Å². The third-order valence-electron chi connectivity index (χ3n) is 2.94. The van der Waals surface area contributed by atoms with Crippen LogP contribution < -0.4 is 9.64 Å². The molecule has 0 fully saturated rings. The van der Waals surface area contributed by atoms with Crippen molar-refractivity contribution < 1.29 is 14.6 Å². The fourth-order valence-corrected chi connectivity index (χ4v) is 1.72. The van der Waals surface area contributed by atoms with Crippen LogP contribution >= 0.6 is 0 Å². The Labute approximate surface area is 116 Å². The zero-order valence-corrected chi connectivity index (χ0v) is 11.4. The SMILES string of the molecule is COc1ccc(N(C)CCn2cc(C(=O)O)nn2)cc1. The summed E-state index contributed by atoms with van der Waals surface area (Å²) in [6.07, 6.45) is 1.42. The largest absolute Gasteiger partial charge is 0.497 e. The van der Waals surface area contributed by atoms with E-state index in [2.05, 4.69) is 10.3 Å². The molecule has 2 aromatic rings. The summed E-state index contributed by atoms with van der Waals surface area (Å²) in [6.45, 7) is 1.25. The van der Waals surface area contributed by atoms with Gasteiger partial charge < -0.3 is 14.7 Å². The van der Waals surface area contributed by atoms with Crippen molar-refractivity contribution in [1.29, 1.82) is 0 Å². The summed E-state index contributed by atoms with van der Waals surface area (Å²) >= 11 is 0. The van der Waals surface area contributed by atoms with E-state index in [0.717, 1.165) is 11.4 Å². The first-order valence-corrected chi connectivity index (χ1v) is 6.09. The van der Waals surface area contributed by atoms with Crippen molar-refractivity contribution in [3.8, 4) is 5.75 Å². The van der Waals surface area contributed by atoms with Crippen molar-refractivity contribution in [3.63, 3.8) is 0 Å². The Morgan fingerprint density at radius 3 is 2.65 bits per heavy atom. The van der Waals surface area contributed by atoms with Crippen LogP contribution in [-0.2, 0) is 6.54 Å². The highest BCUT2D eigenvalue weighted by Gasteiger charge is 2.08. The van der Waals surface area contributed by atoms with Gasteiger partial charge in [-0.3, -0.25) is 0 Å². The quantitative estimate of drug-likeness (QED) is 0.851. The van der Waals surface area contributed by atoms with Crippen LogP contribution in [0.25, 0.3) is 0 Å². The van der Waals surface area contributed by atoms with Gasteiger partial charge in [0.1, 0.15) is 5.75 Å². The lowest BCUT2D eigenvalue weighted by Gasteiger charge is -2.19. The number of methoxy groups -OCH3 is 1. The Hall–Kier alpha value is -2.57. The van der Waals surface area contributed by atoms with Crippen LogP contribution in [0.2, 0.25) is 0 Å². The third-order valence-corrected chi connectivity index (χ3v) is 2.94. The standard InChI is InChI=1S/C13H16N4O3/c1-16(10-3-5-11(20-2)6-4-10)7-8-17-9-12(13(18)19)14-15-17/h3-6,9H,7-8H2,1-2H3,(H,18,19). The summed E-state index contributed by atoms with van der Waals surface area (Å²) < 4.78 is 6.62. The zero-order valence-electron chi connectivity index (χ0n) is 11.4. The summed E-state index contributed by atoms with van der Waals surface area (Å²) in [5, 5.41) is 16.1. The summed E-state index contributed by atoms with van der Waals surface area (Å²) in [5.41, 5.74) is 1.00. The van der Waals surface area contributed by atoms with E-state index in [1.165, 1.54) is 10.9 Å². The van der Waals surface area contributed by atoms with Crippen molar-refractivity contribution in [1.82, 2.24) is 15.0 Å². The molecule has 1 N–H and O–H groups in total. The number of rotatable bonds is 6. The second-order valence-corrected chi connectivity index (χ2v) is 4.29. The number of ether oxygens (including phenoxy) is 1. The maximum absolute atomic E-state index is 10.7. The number of hydrogen-bond donors (Lipinski definition) is 1. The van der Waals surface area contributed by atoms with Crippen molar-refractivity contribution in [3.05, 3.63) is 36.2 Å². The van der Waals surface area contributed by atoms with Crippen LogP contribution in [-0.4, -0.2) is 46.8 Å². The van der Waals surface area contributed by atoms with Gasteiger partial charge >= 0.3 is 5.97 Å². The highest BCUT2D eigenvalue weighted by molar-refractivity contribution is 5.84. The van der Waals surface area contributed by atoms with E-state index in [-0.39, 0.29) is 5.69 Å². The number of anilines is 1. The minimum Gasteiger partial charge on any atom is -0.497 e. The lowest BCUT2D eigenvalue weighted by Crippen LogP contribution is -2.22. The maximum atomic E-state index is 10.7. The van der Waals surface area contributed by atoms with Gasteiger partial charge in [-0.15, -0.1) is 5.10 Å². The smallest absolute Gasteiger partial charge is 0.358 e. The fourth-order valence-electron chi connectivity index (χ4n) is 1.72. The van der Waals surface area contributed by atoms with Crippen molar-refractivity contribution in [2.45, 2.75) is 6.54 Å². The van der Waals surface area contributed by atoms with Gasteiger partial charge in [-0.1, -0.05) is 5.21 Å². The molecule has 0 aliphatic rings. The van der Waals surface area contributed by atoms with E-state index in [1.54, 1.807) is 7.11 Å². The molecule has 0 saturated heterocycles. The summed E-state index contributed by atoms with van der Waals surface area (Å²) in [4.78, 5) is 12.7. The first-order valence-electron chi connectivity index (χ1n) is 6.09. The monoisotopic (exact) mass is 276 g/mol. The highest BCUT2D eigenvalue weighted by atomic mass is 16.5. The Morgan fingerprint density at radius 1 is 1.40 bits per heavy atom. The van der Waals surface area contributed by atoms with E-state index in [0.29, 0.717) is 13.1 Å². The Kier molecular flexibility index (Phi) is 4.19. The number of nitrogens with zero attached hydrogens (tertiary/aromatic N) is 4. The average molecular weight is 276 g/mol. The molecule has 0 radical (unpaired) electrons. The number of hydrogen-bond acceptors (Lipinski definition) is 5. The first-order chi connectivity index (χ1) is 9.60. The third kappa shape index (κ3) is 3.25. The van der Waals surface area contributed by atoms with Gasteiger partial charge in [0.05, 0.1) is 19.9 Å². The predicted octanol–water partition coefficient (Wildman–Crippen LogP) is 1.12. The molecule has 0 aliphatic carbocycles. The number of aromatic nitrogens is 3. The molecule has 106 valence electrons. The van der Waals surface area contributed by atoms with Crippen molar-refractivity contribution in [2.24, 2.45) is 0 Å². The lowest BCUT2D eigenvalue weighted by atomic mass is 10.3. The topological polar surface area (TPSA) is 80.5 Å². The van der Waals surface area contributed by atoms with E-state index in [4.69, 9.17) is 9.84 Å². The number of aromatic carboxylic acids is 1. The maximum Gasteiger partial charge on any atom is 0.358 e. The summed E-state index contributed by atoms with van der Waals surface area (Å²) in [5.74, 6) is -0.260. The Morgan fingerprint density at radius 2 is 2.10 bits per heavy atom. The second kappa shape index (κ2) is 6.05. The molecule has 0 spiro atoms. The van der Waals surface area contributed by atoms with Gasteiger partial charge in [-0.2, -0.15) is 0 Å². The van der Waals surface area contributed by atoms with Crippen LogP contribution in [0, 0.1) is 0 Å². The summed E-state index contributed by atoms with van der Waals surface area (Å²) in [7, 11) is 3.58. The molecule has 7 nitrogen and oxygen atoms in total. The molecular formula is C13H16N4O3. The highest BCUT2D eigenvalue weighted by Crippen LogP contribution is 2.17. The molecule has 1 aromatic heterocycles. The molecule has 0 saturated carbocycles. The molecule has 7 heteroatoms. The molecule has 2 rings (SSSR count). The van der Waals surface area contributed by atoms with Gasteiger partial charge in [0.15, 0.2) is 5.69 Å².